The Morgan fingerprint density at radius 2 is 2.21 bits per heavy atom. The summed E-state index contributed by atoms with van der Waals surface area (Å²) in [4.78, 5) is 0. The summed E-state index contributed by atoms with van der Waals surface area (Å²) in [5, 5.41) is 0. The van der Waals surface area contributed by atoms with Gasteiger partial charge in [0.2, 0.25) is 0 Å². The predicted molar refractivity (Wildman–Crippen MR) is 72.7 cm³/mol. The lowest BCUT2D eigenvalue weighted by Crippen LogP contribution is -2.46. The highest BCUT2D eigenvalue weighted by molar-refractivity contribution is 5.39. The lowest BCUT2D eigenvalue weighted by atomic mass is 9.82. The molecule has 19 heavy (non-hydrogen) atoms. The summed E-state index contributed by atoms with van der Waals surface area (Å²) >= 11 is 0. The van der Waals surface area contributed by atoms with Gasteiger partial charge in [-0.25, -0.2) is 4.39 Å². The number of hydrogen-bond donors (Lipinski definition) is 1. The van der Waals surface area contributed by atoms with Crippen LogP contribution < -0.4 is 10.5 Å². The summed E-state index contributed by atoms with van der Waals surface area (Å²) < 4.78 is 24.8. The van der Waals surface area contributed by atoms with Gasteiger partial charge in [-0.1, -0.05) is 0 Å². The van der Waals surface area contributed by atoms with Crippen LogP contribution in [0.15, 0.2) is 18.2 Å². The number of benzene rings is 1. The molecule has 1 unspecified atom stereocenters. The topological polar surface area (TPSA) is 44.5 Å². The van der Waals surface area contributed by atoms with Crippen LogP contribution in [0.5, 0.6) is 5.75 Å². The first-order chi connectivity index (χ1) is 8.75. The van der Waals surface area contributed by atoms with E-state index in [0.29, 0.717) is 12.2 Å². The molecule has 1 aliphatic rings. The maximum absolute atomic E-state index is 13.3. The molecule has 0 aliphatic carbocycles. The molecule has 4 heteroatoms. The van der Waals surface area contributed by atoms with Crippen LogP contribution in [-0.4, -0.2) is 18.3 Å². The van der Waals surface area contributed by atoms with Gasteiger partial charge >= 0.3 is 0 Å². The van der Waals surface area contributed by atoms with Crippen molar-refractivity contribution in [3.05, 3.63) is 29.6 Å². The average molecular weight is 267 g/mol. The highest BCUT2D eigenvalue weighted by atomic mass is 19.1. The Balaban J connectivity index is 2.27. The normalized spacial score (nSPS) is 26.7. The number of fused-ring (bicyclic) bond motifs is 1. The van der Waals surface area contributed by atoms with E-state index in [2.05, 4.69) is 0 Å². The fourth-order valence-electron chi connectivity index (χ4n) is 2.87. The van der Waals surface area contributed by atoms with Gasteiger partial charge in [0, 0.05) is 31.6 Å². The van der Waals surface area contributed by atoms with E-state index in [0.717, 1.165) is 12.0 Å². The fraction of sp³-hybridized carbons (Fsp3) is 0.600. The van der Waals surface area contributed by atoms with E-state index in [9.17, 15) is 4.39 Å². The average Bonchev–Trinajstić information content (AvgIpc) is 2.29. The van der Waals surface area contributed by atoms with Crippen LogP contribution in [0.1, 0.15) is 45.2 Å². The molecule has 2 rings (SSSR count). The van der Waals surface area contributed by atoms with Crippen LogP contribution >= 0.6 is 0 Å². The SMILES string of the molecule is COC(C)(C)CC1(C)C[C@@H](N)c2cc(F)ccc2O1. The van der Waals surface area contributed by atoms with Crippen LogP contribution in [0.4, 0.5) is 4.39 Å². The van der Waals surface area contributed by atoms with Gasteiger partial charge in [-0.3, -0.25) is 0 Å². The number of methoxy groups -OCH3 is 1. The van der Waals surface area contributed by atoms with Gasteiger partial charge in [-0.15, -0.1) is 0 Å². The summed E-state index contributed by atoms with van der Waals surface area (Å²) in [5.74, 6) is 0.396. The van der Waals surface area contributed by atoms with Gasteiger partial charge in [0.15, 0.2) is 0 Å². The molecule has 3 nitrogen and oxygen atoms in total. The molecule has 0 saturated carbocycles. The maximum atomic E-state index is 13.3. The second-order valence-corrected chi connectivity index (χ2v) is 6.19. The fourth-order valence-corrected chi connectivity index (χ4v) is 2.87. The molecule has 0 amide bonds. The maximum Gasteiger partial charge on any atom is 0.125 e. The second kappa shape index (κ2) is 4.76. The molecule has 2 atom stereocenters. The van der Waals surface area contributed by atoms with Crippen molar-refractivity contribution in [2.24, 2.45) is 5.73 Å². The molecule has 106 valence electrons. The lowest BCUT2D eigenvalue weighted by Gasteiger charge is -2.42. The first-order valence-corrected chi connectivity index (χ1v) is 6.54. The van der Waals surface area contributed by atoms with Crippen molar-refractivity contribution in [2.75, 3.05) is 7.11 Å². The molecule has 0 radical (unpaired) electrons. The number of hydrogen-bond acceptors (Lipinski definition) is 3. The number of rotatable bonds is 3. The van der Waals surface area contributed by atoms with Gasteiger partial charge in [0.05, 0.1) is 5.60 Å². The Morgan fingerprint density at radius 1 is 1.53 bits per heavy atom. The smallest absolute Gasteiger partial charge is 0.125 e. The molecular weight excluding hydrogens is 245 g/mol. The molecule has 1 heterocycles. The third-order valence-electron chi connectivity index (χ3n) is 3.73. The van der Waals surface area contributed by atoms with E-state index in [1.54, 1.807) is 13.2 Å². The molecule has 2 N–H and O–H groups in total. The van der Waals surface area contributed by atoms with Crippen LogP contribution in [-0.2, 0) is 4.74 Å². The van der Waals surface area contributed by atoms with Gasteiger partial charge in [-0.2, -0.15) is 0 Å². The zero-order chi connectivity index (χ0) is 14.3. The van der Waals surface area contributed by atoms with Gasteiger partial charge in [0.1, 0.15) is 17.2 Å². The van der Waals surface area contributed by atoms with E-state index in [-0.39, 0.29) is 17.5 Å². The number of ether oxygens (including phenoxy) is 2. The first-order valence-electron chi connectivity index (χ1n) is 6.54. The highest BCUT2D eigenvalue weighted by Gasteiger charge is 2.40. The Morgan fingerprint density at radius 3 is 2.84 bits per heavy atom. The largest absolute Gasteiger partial charge is 0.487 e. The molecule has 0 saturated heterocycles. The minimum atomic E-state index is -0.399. The van der Waals surface area contributed by atoms with Crippen LogP contribution in [0.25, 0.3) is 0 Å². The monoisotopic (exact) mass is 267 g/mol. The van der Waals surface area contributed by atoms with Crippen molar-refractivity contribution in [3.63, 3.8) is 0 Å². The molecule has 0 fully saturated rings. The van der Waals surface area contributed by atoms with Crippen LogP contribution in [0, 0.1) is 5.82 Å². The summed E-state index contributed by atoms with van der Waals surface area (Å²) in [6, 6.07) is 4.30. The zero-order valence-electron chi connectivity index (χ0n) is 12.0. The molecular formula is C15H22FNO2. The summed E-state index contributed by atoms with van der Waals surface area (Å²) in [6.45, 7) is 6.07. The number of halogens is 1. The molecule has 0 aromatic heterocycles. The van der Waals surface area contributed by atoms with Crippen LogP contribution in [0.3, 0.4) is 0 Å². The summed E-state index contributed by atoms with van der Waals surface area (Å²) in [6.07, 6.45) is 1.37. The quantitative estimate of drug-likeness (QED) is 0.914. The molecule has 0 bridgehead atoms. The molecule has 0 spiro atoms. The van der Waals surface area contributed by atoms with Crippen molar-refractivity contribution in [1.82, 2.24) is 0 Å². The van der Waals surface area contributed by atoms with E-state index >= 15 is 0 Å². The Kier molecular flexibility index (Phi) is 3.58. The van der Waals surface area contributed by atoms with Crippen molar-refractivity contribution >= 4 is 0 Å². The van der Waals surface area contributed by atoms with E-state index < -0.39 is 5.60 Å². The van der Waals surface area contributed by atoms with Gasteiger partial charge < -0.3 is 15.2 Å². The van der Waals surface area contributed by atoms with Gasteiger partial charge in [0.25, 0.3) is 0 Å². The molecule has 1 aliphatic heterocycles. The van der Waals surface area contributed by atoms with E-state index in [4.69, 9.17) is 15.2 Å². The standard InChI is InChI=1S/C15H22FNO2/c1-14(2,18-4)9-15(3)8-12(17)11-7-10(16)5-6-13(11)19-15/h5-7,12H,8-9,17H2,1-4H3/t12-,15?/m1/s1. The van der Waals surface area contributed by atoms with Crippen molar-refractivity contribution in [3.8, 4) is 5.75 Å². The van der Waals surface area contributed by atoms with Crippen molar-refractivity contribution in [2.45, 2.75) is 50.9 Å². The minimum Gasteiger partial charge on any atom is -0.487 e. The Bertz CT molecular complexity index is 475. The minimum absolute atomic E-state index is 0.211. The lowest BCUT2D eigenvalue weighted by molar-refractivity contribution is -0.0580. The second-order valence-electron chi connectivity index (χ2n) is 6.19. The Hall–Kier alpha value is -1.13. The van der Waals surface area contributed by atoms with Crippen molar-refractivity contribution < 1.29 is 13.9 Å². The highest BCUT2D eigenvalue weighted by Crippen LogP contribution is 2.42. The van der Waals surface area contributed by atoms with Gasteiger partial charge in [-0.05, 0) is 39.0 Å². The predicted octanol–water partition coefficient (Wildman–Crippen LogP) is 3.18. The summed E-state index contributed by atoms with van der Waals surface area (Å²) in [5.41, 5.74) is 6.22. The number of nitrogens with two attached hydrogens (primary N) is 1. The molecule has 1 aromatic carbocycles. The van der Waals surface area contributed by atoms with E-state index in [1.165, 1.54) is 12.1 Å². The summed E-state index contributed by atoms with van der Waals surface area (Å²) in [7, 11) is 1.69. The van der Waals surface area contributed by atoms with E-state index in [1.807, 2.05) is 20.8 Å². The third kappa shape index (κ3) is 3.07. The zero-order valence-corrected chi connectivity index (χ0v) is 12.0. The third-order valence-corrected chi connectivity index (χ3v) is 3.73. The van der Waals surface area contributed by atoms with Crippen LogP contribution in [0.2, 0.25) is 0 Å². The van der Waals surface area contributed by atoms with Crippen molar-refractivity contribution in [1.29, 1.82) is 0 Å². The Labute approximate surface area is 113 Å². The first kappa shape index (κ1) is 14.3. The molecule has 1 aromatic rings.